The first kappa shape index (κ1) is 16.4. The van der Waals surface area contributed by atoms with E-state index < -0.39 is 11.8 Å². The fourth-order valence-electron chi connectivity index (χ4n) is 1.27. The monoisotopic (exact) mass is 313 g/mol. The Morgan fingerprint density at radius 1 is 1.25 bits per heavy atom. The Hall–Kier alpha value is -1.67. The molecule has 3 amide bonds. The second-order valence-electron chi connectivity index (χ2n) is 3.85. The van der Waals surface area contributed by atoms with Crippen LogP contribution in [0.5, 0.6) is 0 Å². The molecule has 1 aromatic rings. The Morgan fingerprint density at radius 3 is 2.50 bits per heavy atom. The Balaban J connectivity index is 2.25. The second kappa shape index (κ2) is 8.49. The van der Waals surface area contributed by atoms with Gasteiger partial charge in [-0.25, -0.2) is 0 Å². The number of nitrogens with two attached hydrogens (primary N) is 1. The molecule has 1 rings (SSSR count). The molecule has 8 heteroatoms. The molecule has 6 nitrogen and oxygen atoms in total. The summed E-state index contributed by atoms with van der Waals surface area (Å²) in [5.74, 6) is -2.03. The standard InChI is InChI=1S/C12H15N3O3S2/c1-8(19-20-15-12(18)11(13)17)14-10(16)7-9-5-3-2-4-6-9/h2-6,8H,7H2,1H3,(H2,13,17)(H,14,16)(H,15,18). The number of rotatable bonds is 6. The molecule has 1 unspecified atom stereocenters. The minimum atomic E-state index is -1.04. The van der Waals surface area contributed by atoms with Crippen LogP contribution >= 0.6 is 21.8 Å². The van der Waals surface area contributed by atoms with E-state index >= 15 is 0 Å². The number of amides is 3. The van der Waals surface area contributed by atoms with Crippen LogP contribution in [0.15, 0.2) is 30.3 Å². The number of benzene rings is 1. The van der Waals surface area contributed by atoms with Gasteiger partial charge < -0.3 is 11.1 Å². The van der Waals surface area contributed by atoms with Gasteiger partial charge in [0.15, 0.2) is 0 Å². The molecule has 0 saturated carbocycles. The first-order valence-electron chi connectivity index (χ1n) is 5.74. The summed E-state index contributed by atoms with van der Waals surface area (Å²) in [5, 5.41) is 2.55. The van der Waals surface area contributed by atoms with Gasteiger partial charge in [0, 0.05) is 11.0 Å². The van der Waals surface area contributed by atoms with Crippen molar-refractivity contribution in [1.82, 2.24) is 10.0 Å². The summed E-state index contributed by atoms with van der Waals surface area (Å²) in [7, 11) is 2.15. The Bertz CT molecular complexity index is 482. The van der Waals surface area contributed by atoms with Crippen LogP contribution in [0.1, 0.15) is 12.5 Å². The van der Waals surface area contributed by atoms with Gasteiger partial charge in [-0.05, 0) is 23.3 Å². The van der Waals surface area contributed by atoms with Crippen LogP contribution < -0.4 is 15.8 Å². The molecule has 108 valence electrons. The summed E-state index contributed by atoms with van der Waals surface area (Å²) < 4.78 is 2.25. The van der Waals surface area contributed by atoms with Gasteiger partial charge in [0.05, 0.1) is 11.8 Å². The van der Waals surface area contributed by atoms with E-state index in [9.17, 15) is 14.4 Å². The predicted octanol–water partition coefficient (Wildman–Crippen LogP) is 0.589. The smallest absolute Gasteiger partial charge is 0.319 e. The lowest BCUT2D eigenvalue weighted by molar-refractivity contribution is -0.136. The lowest BCUT2D eigenvalue weighted by Crippen LogP contribution is -2.33. The maximum Gasteiger partial charge on any atom is 0.319 e. The van der Waals surface area contributed by atoms with Crippen LogP contribution in [0, 0.1) is 0 Å². The molecule has 0 spiro atoms. The van der Waals surface area contributed by atoms with Gasteiger partial charge in [0.2, 0.25) is 5.91 Å². The third kappa shape index (κ3) is 6.48. The fraction of sp³-hybridized carbons (Fsp3) is 0.250. The molecule has 20 heavy (non-hydrogen) atoms. The van der Waals surface area contributed by atoms with Gasteiger partial charge in [-0.3, -0.25) is 19.1 Å². The zero-order valence-electron chi connectivity index (χ0n) is 10.8. The lowest BCUT2D eigenvalue weighted by atomic mass is 10.1. The quantitative estimate of drug-likeness (QED) is 0.309. The zero-order valence-corrected chi connectivity index (χ0v) is 12.4. The third-order valence-electron chi connectivity index (χ3n) is 2.12. The van der Waals surface area contributed by atoms with E-state index in [2.05, 4.69) is 10.0 Å². The summed E-state index contributed by atoms with van der Waals surface area (Å²) in [6.07, 6.45) is 0.296. The number of hydrogen-bond acceptors (Lipinski definition) is 5. The largest absolute Gasteiger partial charge is 0.361 e. The van der Waals surface area contributed by atoms with Crippen molar-refractivity contribution in [2.24, 2.45) is 5.73 Å². The molecule has 0 aliphatic heterocycles. The number of primary amides is 1. The number of carbonyl (C=O) groups excluding carboxylic acids is 3. The molecule has 0 radical (unpaired) electrons. The topological polar surface area (TPSA) is 101 Å². The molecule has 1 atom stereocenters. The van der Waals surface area contributed by atoms with Gasteiger partial charge >= 0.3 is 11.8 Å². The summed E-state index contributed by atoms with van der Waals surface area (Å²) in [4.78, 5) is 33.1. The molecule has 0 bridgehead atoms. The first-order valence-corrected chi connectivity index (χ1v) is 7.95. The average molecular weight is 313 g/mol. The SMILES string of the molecule is CC(NC(=O)Cc1ccccc1)SSNC(=O)C(N)=O. The van der Waals surface area contributed by atoms with Gasteiger partial charge in [-0.1, -0.05) is 30.3 Å². The van der Waals surface area contributed by atoms with Crippen molar-refractivity contribution < 1.29 is 14.4 Å². The van der Waals surface area contributed by atoms with E-state index in [0.29, 0.717) is 6.42 Å². The predicted molar refractivity (Wildman–Crippen MR) is 80.3 cm³/mol. The molecular weight excluding hydrogens is 298 g/mol. The molecule has 0 heterocycles. The van der Waals surface area contributed by atoms with E-state index in [1.54, 1.807) is 6.92 Å². The van der Waals surface area contributed by atoms with Crippen LogP contribution in [-0.2, 0) is 20.8 Å². The van der Waals surface area contributed by atoms with Crippen LogP contribution in [0.4, 0.5) is 0 Å². The summed E-state index contributed by atoms with van der Waals surface area (Å²) in [6, 6.07) is 9.38. The van der Waals surface area contributed by atoms with Gasteiger partial charge in [0.25, 0.3) is 0 Å². The second-order valence-corrected chi connectivity index (χ2v) is 6.19. The summed E-state index contributed by atoms with van der Waals surface area (Å²) in [6.45, 7) is 1.77. The number of carbonyl (C=O) groups is 3. The van der Waals surface area contributed by atoms with Gasteiger partial charge in [0.1, 0.15) is 0 Å². The van der Waals surface area contributed by atoms with E-state index in [1.807, 2.05) is 30.3 Å². The highest BCUT2D eigenvalue weighted by Crippen LogP contribution is 2.21. The molecule has 1 aromatic carbocycles. The highest BCUT2D eigenvalue weighted by atomic mass is 33.1. The number of nitrogens with one attached hydrogen (secondary N) is 2. The van der Waals surface area contributed by atoms with Crippen molar-refractivity contribution in [1.29, 1.82) is 0 Å². The normalized spacial score (nSPS) is 11.4. The first-order chi connectivity index (χ1) is 9.49. The maximum absolute atomic E-state index is 11.7. The van der Waals surface area contributed by atoms with Crippen molar-refractivity contribution in [3.05, 3.63) is 35.9 Å². The highest BCUT2D eigenvalue weighted by Gasteiger charge is 2.12. The van der Waals surface area contributed by atoms with Crippen molar-refractivity contribution in [2.45, 2.75) is 18.7 Å². The van der Waals surface area contributed by atoms with Crippen molar-refractivity contribution in [3.8, 4) is 0 Å². The van der Waals surface area contributed by atoms with Gasteiger partial charge in [-0.2, -0.15) is 0 Å². The zero-order chi connectivity index (χ0) is 15.0. The molecule has 0 aliphatic rings. The number of hydrogen-bond donors (Lipinski definition) is 3. The van der Waals surface area contributed by atoms with Crippen molar-refractivity contribution in [3.63, 3.8) is 0 Å². The van der Waals surface area contributed by atoms with Crippen LogP contribution in [0.25, 0.3) is 0 Å². The average Bonchev–Trinajstić information content (AvgIpc) is 2.39. The molecule has 4 N–H and O–H groups in total. The van der Waals surface area contributed by atoms with Crippen molar-refractivity contribution in [2.75, 3.05) is 0 Å². The minimum Gasteiger partial charge on any atom is -0.361 e. The van der Waals surface area contributed by atoms with Crippen LogP contribution in [0.3, 0.4) is 0 Å². The maximum atomic E-state index is 11.7. The van der Waals surface area contributed by atoms with E-state index in [1.165, 1.54) is 10.8 Å². The molecular formula is C12H15N3O3S2. The summed E-state index contributed by atoms with van der Waals surface area (Å²) >= 11 is 0. The molecule has 0 fully saturated rings. The Kier molecular flexibility index (Phi) is 6.96. The van der Waals surface area contributed by atoms with Crippen molar-refractivity contribution >= 4 is 39.5 Å². The van der Waals surface area contributed by atoms with Gasteiger partial charge in [-0.15, -0.1) is 0 Å². The Morgan fingerprint density at radius 2 is 1.90 bits per heavy atom. The highest BCUT2D eigenvalue weighted by molar-refractivity contribution is 8.76. The minimum absolute atomic E-state index is 0.113. The third-order valence-corrected chi connectivity index (χ3v) is 4.30. The van der Waals surface area contributed by atoms with E-state index in [-0.39, 0.29) is 11.3 Å². The molecule has 0 saturated heterocycles. The van der Waals surface area contributed by atoms with E-state index in [0.717, 1.165) is 16.5 Å². The van der Waals surface area contributed by atoms with Crippen LogP contribution in [-0.4, -0.2) is 23.1 Å². The molecule has 0 aromatic heterocycles. The molecule has 0 aliphatic carbocycles. The van der Waals surface area contributed by atoms with Crippen LogP contribution in [0.2, 0.25) is 0 Å². The Labute approximate surface area is 124 Å². The lowest BCUT2D eigenvalue weighted by Gasteiger charge is -2.12. The fourth-order valence-corrected chi connectivity index (χ4v) is 2.76. The van der Waals surface area contributed by atoms with E-state index in [4.69, 9.17) is 5.73 Å². The summed E-state index contributed by atoms with van der Waals surface area (Å²) in [5.41, 5.74) is 5.70.